The van der Waals surface area contributed by atoms with Crippen molar-refractivity contribution < 1.29 is 90.4 Å². The Morgan fingerprint density at radius 2 is 1.67 bits per heavy atom. The first-order valence-electron chi connectivity index (χ1n) is 13.9. The molecule has 31 heteroatoms. The number of aromatic nitrogens is 5. The quantitative estimate of drug-likeness (QED) is 0.0244. The molecule has 3 aromatic rings. The van der Waals surface area contributed by atoms with E-state index >= 15 is 0 Å². The molecule has 2 saturated heterocycles. The van der Waals surface area contributed by atoms with E-state index < -0.39 is 97.3 Å². The number of nitrogens with two attached hydrogens (primary N) is 1. The van der Waals surface area contributed by atoms with Crippen molar-refractivity contribution in [2.45, 2.75) is 49.1 Å². The number of nitrogens with zero attached hydrogens (tertiary/aromatic N) is 8. The maximum Gasteiger partial charge on any atom is 0.481 e. The number of carboxylic acids is 1. The van der Waals surface area contributed by atoms with Crippen LogP contribution >= 0.6 is 39.4 Å². The SMILES string of the molecule is [N-]=[N+]=Nc1cc(C(=O)O)c[n+]([C@H]2O[C@@H](COP(=O)(O)OP(=O)(O)OC[C@H]3O[C@@H](n4c(Br)nc5c(N)ncnc54)[C@H](OP(=O)(O)O)[C@@H]3O)[C@H](O)[C@@H]2O)c1. The number of hydrogen-bond donors (Lipinski definition) is 9. The number of aromatic carboxylic acids is 1. The minimum Gasteiger partial charge on any atom is -0.477 e. The van der Waals surface area contributed by atoms with Crippen LogP contribution in [0.25, 0.3) is 21.6 Å². The predicted molar refractivity (Wildman–Crippen MR) is 165 cm³/mol. The van der Waals surface area contributed by atoms with Gasteiger partial charge < -0.3 is 55.2 Å². The van der Waals surface area contributed by atoms with Crippen LogP contribution in [0.5, 0.6) is 0 Å². The minimum atomic E-state index is -5.61. The van der Waals surface area contributed by atoms with Crippen LogP contribution in [0.4, 0.5) is 11.5 Å². The summed E-state index contributed by atoms with van der Waals surface area (Å²) in [5.74, 6) is -1.55. The fourth-order valence-corrected chi connectivity index (χ4v) is 8.23. The van der Waals surface area contributed by atoms with Crippen LogP contribution in [0.2, 0.25) is 0 Å². The smallest absolute Gasteiger partial charge is 0.477 e. The molecule has 0 bridgehead atoms. The number of ether oxygens (including phenoxy) is 2. The summed E-state index contributed by atoms with van der Waals surface area (Å²) < 4.78 is 68.3. The Kier molecular flexibility index (Phi) is 11.8. The maximum absolute atomic E-state index is 12.6. The van der Waals surface area contributed by atoms with Gasteiger partial charge in [0.1, 0.15) is 48.1 Å². The number of aliphatic hydroxyl groups excluding tert-OH is 3. The number of hydrogen-bond acceptors (Lipinski definition) is 18. The summed E-state index contributed by atoms with van der Waals surface area (Å²) in [6.45, 7) is -2.20. The lowest BCUT2D eigenvalue weighted by Crippen LogP contribution is -2.46. The fraction of sp³-hybridized carbons (Fsp3) is 0.476. The van der Waals surface area contributed by atoms with Crippen molar-refractivity contribution in [3.63, 3.8) is 0 Å². The average Bonchev–Trinajstić information content (AvgIpc) is 3.64. The van der Waals surface area contributed by atoms with Gasteiger partial charge in [-0.05, 0) is 27.5 Å². The number of phosphoric ester groups is 3. The van der Waals surface area contributed by atoms with E-state index in [0.717, 1.165) is 33.9 Å². The molecule has 2 unspecified atom stereocenters. The third-order valence-corrected chi connectivity index (χ3v) is 10.9. The average molecular weight is 865 g/mol. The van der Waals surface area contributed by atoms with E-state index in [4.69, 9.17) is 29.8 Å². The highest BCUT2D eigenvalue weighted by Gasteiger charge is 2.52. The molecular formula is C21H26BrN9O18P3+. The van der Waals surface area contributed by atoms with Crippen molar-refractivity contribution in [1.29, 1.82) is 0 Å². The molecule has 0 aliphatic carbocycles. The molecule has 0 amide bonds. The van der Waals surface area contributed by atoms with Crippen LogP contribution in [-0.4, -0.2) is 115 Å². The molecule has 2 aliphatic heterocycles. The fourth-order valence-electron chi connectivity index (χ4n) is 5.04. The number of imidazole rings is 1. The molecule has 2 fully saturated rings. The number of azide groups is 1. The highest BCUT2D eigenvalue weighted by Crippen LogP contribution is 2.61. The lowest BCUT2D eigenvalue weighted by molar-refractivity contribution is -0.765. The van der Waals surface area contributed by atoms with Gasteiger partial charge in [0.2, 0.25) is 0 Å². The number of nitrogen functional groups attached to an aromatic ring is 1. The molecule has 3 aromatic heterocycles. The van der Waals surface area contributed by atoms with Gasteiger partial charge in [0.05, 0.1) is 13.2 Å². The van der Waals surface area contributed by atoms with Crippen LogP contribution in [-0.2, 0) is 41.1 Å². The summed E-state index contributed by atoms with van der Waals surface area (Å²) in [6, 6.07) is 1.00. The molecule has 5 heterocycles. The molecule has 284 valence electrons. The summed E-state index contributed by atoms with van der Waals surface area (Å²) in [6.07, 6.45) is -11.0. The van der Waals surface area contributed by atoms with E-state index in [0.29, 0.717) is 0 Å². The number of pyridine rings is 1. The maximum atomic E-state index is 12.6. The molecule has 0 aromatic carbocycles. The Morgan fingerprint density at radius 3 is 2.27 bits per heavy atom. The summed E-state index contributed by atoms with van der Waals surface area (Å²) in [7, 11) is -16.5. The normalized spacial score (nSPS) is 28.7. The third kappa shape index (κ3) is 8.99. The number of carboxylic acid groups (broad SMARTS) is 1. The van der Waals surface area contributed by atoms with Gasteiger partial charge in [-0.3, -0.25) is 18.1 Å². The van der Waals surface area contributed by atoms with Gasteiger partial charge in [-0.2, -0.15) is 8.88 Å². The number of carbonyl (C=O) groups is 1. The number of fused-ring (bicyclic) bond motifs is 1. The van der Waals surface area contributed by atoms with Crippen LogP contribution in [0.15, 0.2) is 34.6 Å². The van der Waals surface area contributed by atoms with Crippen LogP contribution in [0, 0.1) is 0 Å². The Bertz CT molecular complexity index is 2030. The topological polar surface area (TPSA) is 408 Å². The van der Waals surface area contributed by atoms with Crippen molar-refractivity contribution in [3.05, 3.63) is 45.5 Å². The summed E-state index contributed by atoms with van der Waals surface area (Å²) >= 11 is 3.11. The Labute approximate surface area is 296 Å². The molecule has 0 radical (unpaired) electrons. The van der Waals surface area contributed by atoms with Crippen molar-refractivity contribution in [2.24, 2.45) is 5.11 Å². The summed E-state index contributed by atoms with van der Waals surface area (Å²) in [5.41, 5.74) is 13.9. The molecule has 0 saturated carbocycles. The van der Waals surface area contributed by atoms with Crippen LogP contribution in [0.3, 0.4) is 0 Å². The number of halogens is 1. The molecule has 27 nitrogen and oxygen atoms in total. The van der Waals surface area contributed by atoms with Crippen molar-refractivity contribution in [2.75, 3.05) is 18.9 Å². The largest absolute Gasteiger partial charge is 0.481 e. The van der Waals surface area contributed by atoms with E-state index in [9.17, 15) is 58.5 Å². The van der Waals surface area contributed by atoms with E-state index in [1.54, 1.807) is 0 Å². The van der Waals surface area contributed by atoms with Crippen molar-refractivity contribution in [1.82, 2.24) is 19.5 Å². The molecule has 10 atom stereocenters. The third-order valence-electron chi connectivity index (χ3n) is 7.21. The van der Waals surface area contributed by atoms with E-state index in [1.807, 2.05) is 0 Å². The van der Waals surface area contributed by atoms with Crippen molar-refractivity contribution in [3.8, 4) is 0 Å². The number of anilines is 1. The molecular weight excluding hydrogens is 839 g/mol. The van der Waals surface area contributed by atoms with Crippen LogP contribution < -0.4 is 10.3 Å². The van der Waals surface area contributed by atoms with Gasteiger partial charge in [-0.25, -0.2) is 33.4 Å². The molecule has 52 heavy (non-hydrogen) atoms. The first-order valence-corrected chi connectivity index (χ1v) is 19.2. The zero-order valence-electron chi connectivity index (χ0n) is 25.4. The number of phosphoric acid groups is 3. The lowest BCUT2D eigenvalue weighted by Gasteiger charge is -2.22. The van der Waals surface area contributed by atoms with Gasteiger partial charge >= 0.3 is 29.4 Å². The first-order chi connectivity index (χ1) is 24.2. The standard InChI is InChI=1S/C21H25BrN9O18P3/c22-21-27-11-16(23)25-6-26-17(11)31(21)19-15(48-50(37,38)39)13(33)10(47-19)5-45-52(42,43)49-51(40,41)44-4-9-12(32)14(34)18(46-9)30-2-7(20(35)36)1-8(3-30)28-29-24/h1-3,6,9-10,12-15,18-19,32-34H,4-5H2,(H6-,23,25,26,35,36,37,38,39,40,41,42,43)/p+1/t9-,10+,12-,13+,14-,15+,18-,19+/m0/s1. The lowest BCUT2D eigenvalue weighted by atomic mass is 10.1. The Hall–Kier alpha value is -3.07. The van der Waals surface area contributed by atoms with E-state index in [1.165, 1.54) is 0 Å². The molecule has 5 rings (SSSR count). The van der Waals surface area contributed by atoms with Gasteiger partial charge in [0.25, 0.3) is 6.23 Å². The zero-order chi connectivity index (χ0) is 38.3. The summed E-state index contributed by atoms with van der Waals surface area (Å²) in [5, 5.41) is 44.4. The second kappa shape index (κ2) is 15.3. The Balaban J connectivity index is 1.24. The van der Waals surface area contributed by atoms with Gasteiger partial charge in [-0.15, -0.1) is 0 Å². The van der Waals surface area contributed by atoms with E-state index in [2.05, 4.69) is 49.7 Å². The van der Waals surface area contributed by atoms with Gasteiger partial charge in [0.15, 0.2) is 46.4 Å². The van der Waals surface area contributed by atoms with Crippen LogP contribution in [0.1, 0.15) is 22.8 Å². The highest BCUT2D eigenvalue weighted by atomic mass is 79.9. The predicted octanol–water partition coefficient (Wildman–Crippen LogP) is -0.595. The molecule has 10 N–H and O–H groups in total. The van der Waals surface area contributed by atoms with Gasteiger partial charge in [0, 0.05) is 4.91 Å². The number of aliphatic hydroxyl groups is 3. The molecule has 2 aliphatic rings. The number of rotatable bonds is 14. The molecule has 0 spiro atoms. The van der Waals surface area contributed by atoms with Gasteiger partial charge in [-0.1, -0.05) is 5.11 Å². The second-order valence-electron chi connectivity index (χ2n) is 10.7. The van der Waals surface area contributed by atoms with E-state index in [-0.39, 0.29) is 27.4 Å². The monoisotopic (exact) mass is 864 g/mol. The minimum absolute atomic E-state index is 0.0141. The zero-order valence-corrected chi connectivity index (χ0v) is 29.6. The Morgan fingerprint density at radius 1 is 1.04 bits per heavy atom. The first kappa shape index (κ1) is 40.1. The second-order valence-corrected chi connectivity index (χ2v) is 15.6. The highest BCUT2D eigenvalue weighted by molar-refractivity contribution is 9.10. The summed E-state index contributed by atoms with van der Waals surface area (Å²) in [4.78, 5) is 65.1. The van der Waals surface area contributed by atoms with Crippen molar-refractivity contribution >= 4 is 68.0 Å².